The summed E-state index contributed by atoms with van der Waals surface area (Å²) < 4.78 is 16.6. The zero-order chi connectivity index (χ0) is 24.1. The number of benzene rings is 2. The first-order chi connectivity index (χ1) is 15.7. The molecule has 0 radical (unpaired) electrons. The monoisotopic (exact) mass is 450 g/mol. The van der Waals surface area contributed by atoms with Gasteiger partial charge in [-0.3, -0.25) is 4.79 Å². The van der Waals surface area contributed by atoms with Gasteiger partial charge in [0, 0.05) is 23.3 Å². The fourth-order valence-corrected chi connectivity index (χ4v) is 3.64. The fraction of sp³-hybridized carbons (Fsp3) is 0.296. The molecule has 1 aromatic heterocycles. The summed E-state index contributed by atoms with van der Waals surface area (Å²) in [6, 6.07) is 7.61. The van der Waals surface area contributed by atoms with E-state index in [1.807, 2.05) is 6.08 Å². The van der Waals surface area contributed by atoms with Crippen molar-refractivity contribution in [3.05, 3.63) is 69.4 Å². The number of methoxy groups -OCH3 is 2. The zero-order valence-electron chi connectivity index (χ0n) is 19.7. The minimum absolute atomic E-state index is 0.0162. The van der Waals surface area contributed by atoms with Crippen molar-refractivity contribution in [2.45, 2.75) is 40.0 Å². The summed E-state index contributed by atoms with van der Waals surface area (Å²) in [5, 5.41) is 20.9. The Labute approximate surface area is 193 Å². The first-order valence-corrected chi connectivity index (χ1v) is 10.8. The summed E-state index contributed by atoms with van der Waals surface area (Å²) in [7, 11) is 2.96. The molecule has 0 atom stereocenters. The lowest BCUT2D eigenvalue weighted by Gasteiger charge is -2.13. The predicted molar refractivity (Wildman–Crippen MR) is 130 cm³/mol. The highest BCUT2D eigenvalue weighted by molar-refractivity contribution is 5.88. The normalized spacial score (nSPS) is 11.5. The lowest BCUT2D eigenvalue weighted by molar-refractivity contribution is 0.373. The zero-order valence-corrected chi connectivity index (χ0v) is 19.7. The Morgan fingerprint density at radius 1 is 1.00 bits per heavy atom. The van der Waals surface area contributed by atoms with Crippen LogP contribution in [-0.2, 0) is 6.42 Å². The highest BCUT2D eigenvalue weighted by Crippen LogP contribution is 2.38. The van der Waals surface area contributed by atoms with E-state index in [0.29, 0.717) is 23.3 Å². The van der Waals surface area contributed by atoms with Gasteiger partial charge in [0.2, 0.25) is 0 Å². The van der Waals surface area contributed by atoms with E-state index >= 15 is 0 Å². The molecule has 0 aliphatic rings. The maximum absolute atomic E-state index is 12.9. The summed E-state index contributed by atoms with van der Waals surface area (Å²) in [5.74, 6) is 0.837. The quantitative estimate of drug-likeness (QED) is 0.402. The van der Waals surface area contributed by atoms with E-state index in [1.165, 1.54) is 37.5 Å². The molecule has 0 unspecified atom stereocenters. The average molecular weight is 451 g/mol. The number of allylic oxidation sites excluding steroid dienone is 4. The first-order valence-electron chi connectivity index (χ1n) is 10.8. The van der Waals surface area contributed by atoms with Crippen LogP contribution >= 0.6 is 0 Å². The van der Waals surface area contributed by atoms with Crippen molar-refractivity contribution in [3.8, 4) is 34.3 Å². The number of rotatable bonds is 8. The number of hydrogen-bond acceptors (Lipinski definition) is 6. The lowest BCUT2D eigenvalue weighted by atomic mass is 10.0. The Bertz CT molecular complexity index is 1280. The lowest BCUT2D eigenvalue weighted by Crippen LogP contribution is -2.04. The van der Waals surface area contributed by atoms with Crippen LogP contribution in [0.3, 0.4) is 0 Å². The molecule has 6 nitrogen and oxygen atoms in total. The van der Waals surface area contributed by atoms with E-state index in [4.69, 9.17) is 13.9 Å². The molecule has 0 fully saturated rings. The second-order valence-electron chi connectivity index (χ2n) is 8.22. The Hall–Kier alpha value is -3.67. The van der Waals surface area contributed by atoms with Crippen molar-refractivity contribution in [2.75, 3.05) is 14.2 Å². The van der Waals surface area contributed by atoms with Crippen LogP contribution in [0.5, 0.6) is 23.0 Å². The van der Waals surface area contributed by atoms with Gasteiger partial charge in [-0.1, -0.05) is 23.3 Å². The van der Waals surface area contributed by atoms with Crippen LogP contribution in [0.1, 0.15) is 39.2 Å². The molecule has 174 valence electrons. The van der Waals surface area contributed by atoms with Crippen LogP contribution in [-0.4, -0.2) is 24.4 Å². The van der Waals surface area contributed by atoms with E-state index < -0.39 is 0 Å². The minimum atomic E-state index is -0.371. The Morgan fingerprint density at radius 2 is 1.73 bits per heavy atom. The molecule has 6 heteroatoms. The van der Waals surface area contributed by atoms with Crippen LogP contribution < -0.4 is 14.9 Å². The second kappa shape index (κ2) is 10.3. The molecule has 0 spiro atoms. The number of aromatic hydroxyl groups is 2. The van der Waals surface area contributed by atoms with Crippen LogP contribution in [0, 0.1) is 0 Å². The number of phenols is 2. The van der Waals surface area contributed by atoms with Crippen LogP contribution in [0.15, 0.2) is 62.8 Å². The van der Waals surface area contributed by atoms with Gasteiger partial charge in [-0.05, 0) is 58.2 Å². The van der Waals surface area contributed by atoms with E-state index in [1.54, 1.807) is 18.2 Å². The summed E-state index contributed by atoms with van der Waals surface area (Å²) in [6.45, 7) is 6.20. The minimum Gasteiger partial charge on any atom is -0.507 e. The molecule has 1 heterocycles. The van der Waals surface area contributed by atoms with Gasteiger partial charge >= 0.3 is 0 Å². The van der Waals surface area contributed by atoms with Gasteiger partial charge in [0.05, 0.1) is 14.2 Å². The number of ether oxygens (including phenoxy) is 2. The molecule has 0 aliphatic carbocycles. The molecular formula is C27H30O6. The van der Waals surface area contributed by atoms with Gasteiger partial charge < -0.3 is 24.1 Å². The van der Waals surface area contributed by atoms with E-state index in [0.717, 1.165) is 12.8 Å². The molecule has 0 aliphatic heterocycles. The molecule has 3 aromatic rings. The van der Waals surface area contributed by atoms with Crippen LogP contribution in [0.2, 0.25) is 0 Å². The Kier molecular flexibility index (Phi) is 7.48. The van der Waals surface area contributed by atoms with E-state index in [9.17, 15) is 15.0 Å². The molecule has 33 heavy (non-hydrogen) atoms. The number of hydrogen-bond donors (Lipinski definition) is 2. The van der Waals surface area contributed by atoms with Gasteiger partial charge in [0.1, 0.15) is 28.2 Å². The van der Waals surface area contributed by atoms with Crippen LogP contribution in [0.25, 0.3) is 22.3 Å². The number of phenolic OH excluding ortho intramolecular Hbond substituents is 2. The van der Waals surface area contributed by atoms with Crippen molar-refractivity contribution in [1.29, 1.82) is 0 Å². The number of fused-ring (bicyclic) bond motifs is 1. The molecular weight excluding hydrogens is 420 g/mol. The molecule has 2 N–H and O–H groups in total. The SMILES string of the molecule is COc1cc(-c2cc(=O)c3c(O)c(C/C=C(\C)CCC=C(C)C)c(OC)cc3o2)ccc1O. The maximum Gasteiger partial charge on any atom is 0.197 e. The average Bonchev–Trinajstić information content (AvgIpc) is 2.77. The first kappa shape index (κ1) is 24.0. The topological polar surface area (TPSA) is 89.1 Å². The summed E-state index contributed by atoms with van der Waals surface area (Å²) >= 11 is 0. The van der Waals surface area contributed by atoms with Gasteiger partial charge in [0.15, 0.2) is 16.9 Å². The molecule has 0 bridgehead atoms. The Balaban J connectivity index is 2.03. The van der Waals surface area contributed by atoms with E-state index in [2.05, 4.69) is 26.8 Å². The molecule has 0 saturated heterocycles. The third-order valence-electron chi connectivity index (χ3n) is 5.49. The highest BCUT2D eigenvalue weighted by Gasteiger charge is 2.19. The largest absolute Gasteiger partial charge is 0.507 e. The third-order valence-corrected chi connectivity index (χ3v) is 5.49. The van der Waals surface area contributed by atoms with Gasteiger partial charge in [-0.15, -0.1) is 0 Å². The van der Waals surface area contributed by atoms with Gasteiger partial charge in [-0.2, -0.15) is 0 Å². The Morgan fingerprint density at radius 3 is 2.39 bits per heavy atom. The van der Waals surface area contributed by atoms with Gasteiger partial charge in [-0.25, -0.2) is 0 Å². The van der Waals surface area contributed by atoms with Crippen molar-refractivity contribution in [3.63, 3.8) is 0 Å². The van der Waals surface area contributed by atoms with Crippen molar-refractivity contribution >= 4 is 11.0 Å². The van der Waals surface area contributed by atoms with E-state index in [-0.39, 0.29) is 39.4 Å². The second-order valence-corrected chi connectivity index (χ2v) is 8.22. The van der Waals surface area contributed by atoms with Crippen molar-refractivity contribution in [2.24, 2.45) is 0 Å². The molecule has 2 aromatic carbocycles. The summed E-state index contributed by atoms with van der Waals surface area (Å²) in [5.41, 5.74) is 3.42. The van der Waals surface area contributed by atoms with Crippen molar-refractivity contribution in [1.82, 2.24) is 0 Å². The van der Waals surface area contributed by atoms with Crippen LogP contribution in [0.4, 0.5) is 0 Å². The third kappa shape index (κ3) is 5.40. The highest BCUT2D eigenvalue weighted by atomic mass is 16.5. The summed E-state index contributed by atoms with van der Waals surface area (Å²) in [6.07, 6.45) is 6.55. The molecule has 3 rings (SSSR count). The maximum atomic E-state index is 12.9. The molecule has 0 amide bonds. The fourth-order valence-electron chi connectivity index (χ4n) is 3.64. The van der Waals surface area contributed by atoms with Crippen molar-refractivity contribution < 1.29 is 24.1 Å². The predicted octanol–water partition coefficient (Wildman–Crippen LogP) is 6.12. The molecule has 0 saturated carbocycles. The standard InChI is InChI=1S/C27H30O6/c1-16(2)7-6-8-17(3)9-11-19-23(31-4)15-25-26(27(19)30)21(29)14-22(33-25)18-10-12-20(28)24(13-18)32-5/h7,9-10,12-15,28,30H,6,8,11H2,1-5H3/b17-9+. The smallest absolute Gasteiger partial charge is 0.197 e. The van der Waals surface area contributed by atoms with Gasteiger partial charge in [0.25, 0.3) is 0 Å². The summed E-state index contributed by atoms with van der Waals surface area (Å²) in [4.78, 5) is 12.9.